The van der Waals surface area contributed by atoms with E-state index < -0.39 is 6.10 Å². The van der Waals surface area contributed by atoms with Gasteiger partial charge in [0.2, 0.25) is 0 Å². The lowest BCUT2D eigenvalue weighted by Crippen LogP contribution is -2.37. The van der Waals surface area contributed by atoms with Gasteiger partial charge in [0, 0.05) is 18.5 Å². The zero-order valence-electron chi connectivity index (χ0n) is 16.5. The van der Waals surface area contributed by atoms with Crippen LogP contribution < -0.4 is 9.64 Å². The fraction of sp³-hybridized carbons (Fsp3) is 0.318. The van der Waals surface area contributed by atoms with E-state index in [-0.39, 0.29) is 6.61 Å². The van der Waals surface area contributed by atoms with Crippen LogP contribution in [0, 0.1) is 0 Å². The predicted octanol–water partition coefficient (Wildman–Crippen LogP) is 2.26. The van der Waals surface area contributed by atoms with Crippen molar-refractivity contribution in [2.45, 2.75) is 12.6 Å². The van der Waals surface area contributed by atoms with Gasteiger partial charge in [-0.15, -0.1) is 0 Å². The Morgan fingerprint density at radius 2 is 1.87 bits per heavy atom. The molecule has 1 atom stereocenters. The molecule has 154 valence electrons. The lowest BCUT2D eigenvalue weighted by Gasteiger charge is -2.27. The second-order valence-corrected chi connectivity index (χ2v) is 7.31. The van der Waals surface area contributed by atoms with Crippen molar-refractivity contribution in [3.05, 3.63) is 55.1 Å². The minimum absolute atomic E-state index is 0.176. The summed E-state index contributed by atoms with van der Waals surface area (Å²) in [6.07, 6.45) is 2.54. The molecule has 1 fully saturated rings. The number of ether oxygens (including phenoxy) is 2. The number of aliphatic hydroxyl groups is 1. The number of nitrogens with zero attached hydrogens (tertiary/aromatic N) is 5. The highest BCUT2D eigenvalue weighted by molar-refractivity contribution is 5.88. The van der Waals surface area contributed by atoms with E-state index in [2.05, 4.69) is 19.9 Å². The van der Waals surface area contributed by atoms with Crippen LogP contribution in [0.3, 0.4) is 0 Å². The zero-order chi connectivity index (χ0) is 20.3. The number of rotatable bonds is 6. The van der Waals surface area contributed by atoms with Gasteiger partial charge >= 0.3 is 0 Å². The van der Waals surface area contributed by atoms with Gasteiger partial charge in [0.05, 0.1) is 26.1 Å². The van der Waals surface area contributed by atoms with Crippen molar-refractivity contribution in [3.8, 4) is 5.75 Å². The monoisotopic (exact) mass is 405 g/mol. The van der Waals surface area contributed by atoms with Crippen LogP contribution in [0.1, 0.15) is 0 Å². The molecule has 30 heavy (non-hydrogen) atoms. The first-order valence-electron chi connectivity index (χ1n) is 10.1. The van der Waals surface area contributed by atoms with E-state index in [0.29, 0.717) is 25.4 Å². The summed E-state index contributed by atoms with van der Waals surface area (Å²) in [5.41, 5.74) is 1.44. The number of imidazole rings is 1. The SMILES string of the molecule is O[C@H](COc1cccc2ccccc12)Cn1cnc2c(N3CCOCC3)ncnc21. The highest BCUT2D eigenvalue weighted by Crippen LogP contribution is 2.26. The largest absolute Gasteiger partial charge is 0.490 e. The number of morpholine rings is 1. The molecule has 1 aliphatic heterocycles. The van der Waals surface area contributed by atoms with E-state index in [9.17, 15) is 5.11 Å². The molecule has 1 N–H and O–H groups in total. The summed E-state index contributed by atoms with van der Waals surface area (Å²) in [4.78, 5) is 15.5. The number of hydrogen-bond donors (Lipinski definition) is 1. The third kappa shape index (κ3) is 3.67. The van der Waals surface area contributed by atoms with Crippen LogP contribution in [0.15, 0.2) is 55.1 Å². The second kappa shape index (κ2) is 8.25. The minimum atomic E-state index is -0.705. The molecule has 8 heteroatoms. The Morgan fingerprint density at radius 1 is 1.03 bits per heavy atom. The Hall–Kier alpha value is -3.23. The van der Waals surface area contributed by atoms with Crippen molar-refractivity contribution in [2.24, 2.45) is 0 Å². The molecule has 0 aliphatic carbocycles. The van der Waals surface area contributed by atoms with Crippen LogP contribution in [-0.2, 0) is 11.3 Å². The van der Waals surface area contributed by atoms with Gasteiger partial charge in [-0.05, 0) is 11.5 Å². The number of anilines is 1. The average molecular weight is 405 g/mol. The average Bonchev–Trinajstić information content (AvgIpc) is 3.21. The molecule has 2 aromatic carbocycles. The second-order valence-electron chi connectivity index (χ2n) is 7.31. The summed E-state index contributed by atoms with van der Waals surface area (Å²) in [7, 11) is 0. The maximum atomic E-state index is 10.6. The van der Waals surface area contributed by atoms with Crippen molar-refractivity contribution >= 4 is 27.8 Å². The van der Waals surface area contributed by atoms with Gasteiger partial charge in [0.25, 0.3) is 0 Å². The van der Waals surface area contributed by atoms with Gasteiger partial charge in [-0.1, -0.05) is 36.4 Å². The Morgan fingerprint density at radius 3 is 2.77 bits per heavy atom. The molecular weight excluding hydrogens is 382 g/mol. The van der Waals surface area contributed by atoms with Crippen LogP contribution in [0.4, 0.5) is 5.82 Å². The number of hydrogen-bond acceptors (Lipinski definition) is 7. The van der Waals surface area contributed by atoms with Crippen molar-refractivity contribution in [1.82, 2.24) is 19.5 Å². The molecule has 0 spiro atoms. The van der Waals surface area contributed by atoms with Gasteiger partial charge in [-0.25, -0.2) is 15.0 Å². The van der Waals surface area contributed by atoms with Crippen LogP contribution >= 0.6 is 0 Å². The maximum absolute atomic E-state index is 10.6. The maximum Gasteiger partial charge on any atom is 0.165 e. The first-order chi connectivity index (χ1) is 14.8. The van der Waals surface area contributed by atoms with Crippen LogP contribution in [0.5, 0.6) is 5.75 Å². The van der Waals surface area contributed by atoms with E-state index in [1.807, 2.05) is 47.0 Å². The van der Waals surface area contributed by atoms with E-state index in [1.165, 1.54) is 0 Å². The lowest BCUT2D eigenvalue weighted by atomic mass is 10.1. The molecule has 4 aromatic rings. The fourth-order valence-corrected chi connectivity index (χ4v) is 3.80. The third-order valence-corrected chi connectivity index (χ3v) is 5.28. The standard InChI is InChI=1S/C22H23N5O3/c28-17(13-30-19-7-3-5-16-4-1-2-6-18(16)19)12-27-15-25-20-21(23-14-24-22(20)27)26-8-10-29-11-9-26/h1-7,14-15,17,28H,8-13H2/t17-/m0/s1. The highest BCUT2D eigenvalue weighted by atomic mass is 16.5. The molecule has 8 nitrogen and oxygen atoms in total. The molecule has 5 rings (SSSR count). The topological polar surface area (TPSA) is 85.5 Å². The molecule has 0 unspecified atom stereocenters. The van der Waals surface area contributed by atoms with E-state index in [1.54, 1.807) is 12.7 Å². The summed E-state index contributed by atoms with van der Waals surface area (Å²) in [6, 6.07) is 14.0. The molecule has 0 bridgehead atoms. The Balaban J connectivity index is 1.30. The molecular formula is C22H23N5O3. The molecule has 1 aliphatic rings. The van der Waals surface area contributed by atoms with Gasteiger partial charge < -0.3 is 24.0 Å². The van der Waals surface area contributed by atoms with Crippen LogP contribution in [-0.4, -0.2) is 63.6 Å². The lowest BCUT2D eigenvalue weighted by molar-refractivity contribution is 0.0940. The van der Waals surface area contributed by atoms with Crippen molar-refractivity contribution in [3.63, 3.8) is 0 Å². The molecule has 0 radical (unpaired) electrons. The first-order valence-corrected chi connectivity index (χ1v) is 10.1. The minimum Gasteiger partial charge on any atom is -0.490 e. The van der Waals surface area contributed by atoms with Crippen LogP contribution in [0.2, 0.25) is 0 Å². The molecule has 0 saturated carbocycles. The fourth-order valence-electron chi connectivity index (χ4n) is 3.80. The Bertz CT molecular complexity index is 1150. The van der Waals surface area contributed by atoms with Crippen molar-refractivity contribution in [2.75, 3.05) is 37.8 Å². The number of aliphatic hydroxyl groups excluding tert-OH is 1. The molecule has 3 heterocycles. The summed E-state index contributed by atoms with van der Waals surface area (Å²) < 4.78 is 13.2. The van der Waals surface area contributed by atoms with Crippen molar-refractivity contribution < 1.29 is 14.6 Å². The molecule has 0 amide bonds. The normalized spacial score (nSPS) is 15.6. The Kier molecular flexibility index (Phi) is 5.17. The van der Waals surface area contributed by atoms with Gasteiger partial charge in [-0.2, -0.15) is 0 Å². The third-order valence-electron chi connectivity index (χ3n) is 5.28. The van der Waals surface area contributed by atoms with Crippen LogP contribution in [0.25, 0.3) is 21.9 Å². The zero-order valence-corrected chi connectivity index (χ0v) is 16.5. The molecule has 1 saturated heterocycles. The van der Waals surface area contributed by atoms with E-state index >= 15 is 0 Å². The summed E-state index contributed by atoms with van der Waals surface area (Å²) in [6.45, 7) is 3.42. The van der Waals surface area contributed by atoms with Gasteiger partial charge in [0.1, 0.15) is 24.8 Å². The number of benzene rings is 2. The number of aromatic nitrogens is 4. The Labute approximate surface area is 173 Å². The smallest absolute Gasteiger partial charge is 0.165 e. The van der Waals surface area contributed by atoms with E-state index in [0.717, 1.165) is 40.9 Å². The first kappa shape index (κ1) is 18.8. The number of fused-ring (bicyclic) bond motifs is 2. The highest BCUT2D eigenvalue weighted by Gasteiger charge is 2.19. The summed E-state index contributed by atoms with van der Waals surface area (Å²) in [5.74, 6) is 1.57. The molecule has 2 aromatic heterocycles. The van der Waals surface area contributed by atoms with Crippen molar-refractivity contribution in [1.29, 1.82) is 0 Å². The quantitative estimate of drug-likeness (QED) is 0.527. The summed E-state index contributed by atoms with van der Waals surface area (Å²) >= 11 is 0. The van der Waals surface area contributed by atoms with Gasteiger partial charge in [-0.3, -0.25) is 0 Å². The summed E-state index contributed by atoms with van der Waals surface area (Å²) in [5, 5.41) is 12.7. The predicted molar refractivity (Wildman–Crippen MR) is 114 cm³/mol. The van der Waals surface area contributed by atoms with E-state index in [4.69, 9.17) is 9.47 Å². The van der Waals surface area contributed by atoms with Gasteiger partial charge in [0.15, 0.2) is 17.0 Å².